The Bertz CT molecular complexity index is 402. The Hall–Kier alpha value is -1.02. The molecule has 1 amide bonds. The average molecular weight is 270 g/mol. The highest BCUT2D eigenvalue weighted by Crippen LogP contribution is 2.17. The molecule has 0 spiro atoms. The summed E-state index contributed by atoms with van der Waals surface area (Å²) in [5.41, 5.74) is 6.46. The maximum atomic E-state index is 11.4. The maximum absolute atomic E-state index is 11.4. The van der Waals surface area contributed by atoms with E-state index in [0.29, 0.717) is 5.13 Å². The summed E-state index contributed by atoms with van der Waals surface area (Å²) in [6.07, 6.45) is 0. The number of hydrogen-bond acceptors (Lipinski definition) is 6. The van der Waals surface area contributed by atoms with Gasteiger partial charge in [-0.2, -0.15) is 0 Å². The summed E-state index contributed by atoms with van der Waals surface area (Å²) in [5.74, 6) is -0.206. The zero-order valence-electron chi connectivity index (χ0n) is 10.4. The number of morpholine rings is 1. The van der Waals surface area contributed by atoms with Crippen molar-refractivity contribution in [3.05, 3.63) is 11.1 Å². The second kappa shape index (κ2) is 6.24. The number of thiazole rings is 1. The lowest BCUT2D eigenvalue weighted by Gasteiger charge is -2.25. The quantitative estimate of drug-likeness (QED) is 0.820. The lowest BCUT2D eigenvalue weighted by Crippen LogP contribution is -2.35. The summed E-state index contributed by atoms with van der Waals surface area (Å²) in [5, 5.41) is 5.28. The van der Waals surface area contributed by atoms with E-state index < -0.39 is 6.04 Å². The highest BCUT2D eigenvalue weighted by Gasteiger charge is 2.14. The number of rotatable bonds is 4. The number of hydrogen-bond donors (Lipinski definition) is 2. The van der Waals surface area contributed by atoms with Crippen molar-refractivity contribution in [2.45, 2.75) is 19.5 Å². The zero-order valence-corrected chi connectivity index (χ0v) is 11.2. The van der Waals surface area contributed by atoms with Gasteiger partial charge in [-0.1, -0.05) is 0 Å². The SMILES string of the molecule is C[C@H](N)C(=O)Nc1nc(CN2CCOCC2)cs1. The van der Waals surface area contributed by atoms with Crippen LogP contribution < -0.4 is 11.1 Å². The second-order valence-electron chi connectivity index (χ2n) is 4.31. The number of anilines is 1. The van der Waals surface area contributed by atoms with Crippen LogP contribution in [-0.2, 0) is 16.1 Å². The van der Waals surface area contributed by atoms with Crippen LogP contribution in [0.15, 0.2) is 5.38 Å². The van der Waals surface area contributed by atoms with E-state index in [-0.39, 0.29) is 5.91 Å². The highest BCUT2D eigenvalue weighted by molar-refractivity contribution is 7.13. The summed E-state index contributed by atoms with van der Waals surface area (Å²) in [4.78, 5) is 18.1. The first kappa shape index (κ1) is 13.4. The van der Waals surface area contributed by atoms with E-state index >= 15 is 0 Å². The molecular formula is C11H18N4O2S. The normalized spacial score (nSPS) is 18.6. The van der Waals surface area contributed by atoms with Crippen molar-refractivity contribution < 1.29 is 9.53 Å². The Kier molecular flexibility index (Phi) is 4.65. The molecule has 1 aliphatic rings. The van der Waals surface area contributed by atoms with Crippen LogP contribution in [0, 0.1) is 0 Å². The maximum Gasteiger partial charge on any atom is 0.242 e. The molecule has 0 bridgehead atoms. The number of nitrogens with zero attached hydrogens (tertiary/aromatic N) is 2. The molecule has 1 aliphatic heterocycles. The first-order chi connectivity index (χ1) is 8.65. The van der Waals surface area contributed by atoms with Gasteiger partial charge in [-0.3, -0.25) is 9.69 Å². The molecule has 0 unspecified atom stereocenters. The van der Waals surface area contributed by atoms with Gasteiger partial charge in [0, 0.05) is 25.0 Å². The van der Waals surface area contributed by atoms with Crippen LogP contribution in [0.2, 0.25) is 0 Å². The number of aromatic nitrogens is 1. The molecule has 1 fully saturated rings. The van der Waals surface area contributed by atoms with Crippen molar-refractivity contribution in [1.82, 2.24) is 9.88 Å². The minimum absolute atomic E-state index is 0.206. The second-order valence-corrected chi connectivity index (χ2v) is 5.17. The van der Waals surface area contributed by atoms with Crippen LogP contribution in [0.25, 0.3) is 0 Å². The number of nitrogens with two attached hydrogens (primary N) is 1. The van der Waals surface area contributed by atoms with Crippen molar-refractivity contribution in [3.63, 3.8) is 0 Å². The summed E-state index contributed by atoms with van der Waals surface area (Å²) in [7, 11) is 0. The van der Waals surface area contributed by atoms with Crippen LogP contribution in [-0.4, -0.2) is 48.1 Å². The summed E-state index contributed by atoms with van der Waals surface area (Å²) in [6.45, 7) is 5.86. The molecule has 0 aliphatic carbocycles. The Morgan fingerprint density at radius 3 is 3.06 bits per heavy atom. The van der Waals surface area contributed by atoms with Crippen LogP contribution in [0.1, 0.15) is 12.6 Å². The third-order valence-corrected chi connectivity index (χ3v) is 3.49. The molecule has 0 aromatic carbocycles. The van der Waals surface area contributed by atoms with Gasteiger partial charge in [0.15, 0.2) is 5.13 Å². The molecule has 2 heterocycles. The topological polar surface area (TPSA) is 80.5 Å². The Labute approximate surface area is 110 Å². The summed E-state index contributed by atoms with van der Waals surface area (Å²) < 4.78 is 5.29. The number of amides is 1. The van der Waals surface area contributed by atoms with Crippen LogP contribution in [0.4, 0.5) is 5.13 Å². The number of carbonyl (C=O) groups is 1. The van der Waals surface area contributed by atoms with Gasteiger partial charge in [0.05, 0.1) is 24.9 Å². The smallest absolute Gasteiger partial charge is 0.242 e. The van der Waals surface area contributed by atoms with E-state index in [1.807, 2.05) is 5.38 Å². The lowest BCUT2D eigenvalue weighted by atomic mass is 10.3. The predicted molar refractivity (Wildman–Crippen MR) is 70.5 cm³/mol. The minimum atomic E-state index is -0.517. The fourth-order valence-corrected chi connectivity index (χ4v) is 2.35. The molecule has 7 heteroatoms. The molecule has 2 rings (SSSR count). The van der Waals surface area contributed by atoms with E-state index in [1.165, 1.54) is 11.3 Å². The first-order valence-electron chi connectivity index (χ1n) is 5.96. The van der Waals surface area contributed by atoms with Gasteiger partial charge in [-0.15, -0.1) is 11.3 Å². The predicted octanol–water partition coefficient (Wildman–Crippen LogP) is 0.261. The van der Waals surface area contributed by atoms with Gasteiger partial charge >= 0.3 is 0 Å². The fraction of sp³-hybridized carbons (Fsp3) is 0.636. The first-order valence-corrected chi connectivity index (χ1v) is 6.84. The van der Waals surface area contributed by atoms with E-state index in [1.54, 1.807) is 6.92 Å². The molecule has 100 valence electrons. The van der Waals surface area contributed by atoms with E-state index in [4.69, 9.17) is 10.5 Å². The van der Waals surface area contributed by atoms with Crippen LogP contribution >= 0.6 is 11.3 Å². The molecule has 1 aromatic rings. The van der Waals surface area contributed by atoms with Gasteiger partial charge in [0.1, 0.15) is 0 Å². The Balaban J connectivity index is 1.87. The van der Waals surface area contributed by atoms with Crippen molar-refractivity contribution in [2.24, 2.45) is 5.73 Å². The Morgan fingerprint density at radius 1 is 1.67 bits per heavy atom. The van der Waals surface area contributed by atoms with Gasteiger partial charge in [-0.05, 0) is 6.92 Å². The summed E-state index contributed by atoms with van der Waals surface area (Å²) in [6, 6.07) is -0.517. The van der Waals surface area contributed by atoms with Crippen molar-refractivity contribution >= 4 is 22.4 Å². The van der Waals surface area contributed by atoms with Crippen molar-refractivity contribution in [3.8, 4) is 0 Å². The number of nitrogens with one attached hydrogen (secondary N) is 1. The lowest BCUT2D eigenvalue weighted by molar-refractivity contribution is -0.117. The molecule has 1 aromatic heterocycles. The van der Waals surface area contributed by atoms with E-state index in [9.17, 15) is 4.79 Å². The molecule has 1 saturated heterocycles. The molecule has 3 N–H and O–H groups in total. The molecule has 18 heavy (non-hydrogen) atoms. The van der Waals surface area contributed by atoms with Crippen LogP contribution in [0.3, 0.4) is 0 Å². The molecular weight excluding hydrogens is 252 g/mol. The average Bonchev–Trinajstić information content (AvgIpc) is 2.77. The highest BCUT2D eigenvalue weighted by atomic mass is 32.1. The number of carbonyl (C=O) groups excluding carboxylic acids is 1. The number of ether oxygens (including phenoxy) is 1. The minimum Gasteiger partial charge on any atom is -0.379 e. The van der Waals surface area contributed by atoms with Crippen LogP contribution in [0.5, 0.6) is 0 Å². The Morgan fingerprint density at radius 2 is 2.39 bits per heavy atom. The molecule has 1 atom stereocenters. The third-order valence-electron chi connectivity index (χ3n) is 2.68. The van der Waals surface area contributed by atoms with Gasteiger partial charge in [0.2, 0.25) is 5.91 Å². The largest absolute Gasteiger partial charge is 0.379 e. The fourth-order valence-electron chi connectivity index (χ4n) is 1.64. The van der Waals surface area contributed by atoms with Gasteiger partial charge in [-0.25, -0.2) is 4.98 Å². The van der Waals surface area contributed by atoms with Crippen molar-refractivity contribution in [1.29, 1.82) is 0 Å². The molecule has 0 radical (unpaired) electrons. The standard InChI is InChI=1S/C11H18N4O2S/c1-8(12)10(16)14-11-13-9(7-18-11)6-15-2-4-17-5-3-15/h7-8H,2-6,12H2,1H3,(H,13,14,16)/t8-/m0/s1. The zero-order chi connectivity index (χ0) is 13.0. The van der Waals surface area contributed by atoms with E-state index in [2.05, 4.69) is 15.2 Å². The van der Waals surface area contributed by atoms with Crippen molar-refractivity contribution in [2.75, 3.05) is 31.6 Å². The molecule has 6 nitrogen and oxygen atoms in total. The van der Waals surface area contributed by atoms with E-state index in [0.717, 1.165) is 38.5 Å². The molecule has 0 saturated carbocycles. The van der Waals surface area contributed by atoms with Gasteiger partial charge < -0.3 is 15.8 Å². The third kappa shape index (κ3) is 3.74. The van der Waals surface area contributed by atoms with Gasteiger partial charge in [0.25, 0.3) is 0 Å². The summed E-state index contributed by atoms with van der Waals surface area (Å²) >= 11 is 1.43. The monoisotopic (exact) mass is 270 g/mol.